The number of benzene rings is 6. The molecule has 0 aliphatic rings. The SMILES string of the molecule is O=C(C(=O)[C@@](O)(C(=O)c1cc(O)c(O)c(O)c1)[C@](O)(C(=O)c1cc(O)c(O)c(O)c1)[C@@](O)(C(=O)c1cc(O)c(O)c(O)c1)[C@@](O)(C(=O)c1cc(O)c(O)c(O)c1)C(O)C(=O)c1cc(O)c(O)c(O)c1)c1cc(O)c(O)c(O)c1. The second-order valence-electron chi connectivity index (χ2n) is 16.8. The molecule has 5 atom stereocenters. The first-order valence-electron chi connectivity index (χ1n) is 20.9. The van der Waals surface area contributed by atoms with Gasteiger partial charge in [-0.05, 0) is 72.8 Å². The van der Waals surface area contributed by atoms with Crippen molar-refractivity contribution in [1.29, 1.82) is 0 Å². The molecule has 408 valence electrons. The van der Waals surface area contributed by atoms with Crippen LogP contribution in [0.25, 0.3) is 0 Å². The molecule has 0 fully saturated rings. The van der Waals surface area contributed by atoms with Crippen molar-refractivity contribution in [3.8, 4) is 103 Å². The van der Waals surface area contributed by atoms with Crippen LogP contribution in [-0.2, 0) is 4.79 Å². The first kappa shape index (κ1) is 56.5. The van der Waals surface area contributed by atoms with Crippen LogP contribution in [0.4, 0.5) is 0 Å². The number of hydrogen-bond acceptors (Lipinski definition) is 30. The van der Waals surface area contributed by atoms with Crippen molar-refractivity contribution >= 4 is 40.5 Å². The third kappa shape index (κ3) is 8.28. The lowest BCUT2D eigenvalue weighted by atomic mass is 9.53. The molecule has 0 heterocycles. The maximum absolute atomic E-state index is 15.8. The van der Waals surface area contributed by atoms with Crippen molar-refractivity contribution < 1.29 is 151 Å². The molecular formula is C48H36O30. The summed E-state index contributed by atoms with van der Waals surface area (Å²) in [6.07, 6.45) is -4.46. The van der Waals surface area contributed by atoms with Crippen LogP contribution in [0.2, 0.25) is 0 Å². The largest absolute Gasteiger partial charge is 0.504 e. The van der Waals surface area contributed by atoms with Crippen molar-refractivity contribution in [3.63, 3.8) is 0 Å². The molecule has 30 heteroatoms. The molecule has 0 saturated heterocycles. The average molecular weight is 1090 g/mol. The highest BCUT2D eigenvalue weighted by atomic mass is 16.4. The van der Waals surface area contributed by atoms with Gasteiger partial charge >= 0.3 is 0 Å². The van der Waals surface area contributed by atoms with Crippen LogP contribution in [0.3, 0.4) is 0 Å². The minimum Gasteiger partial charge on any atom is -0.504 e. The number of carbonyl (C=O) groups excluding carboxylic acids is 7. The smallest absolute Gasteiger partial charge is 0.246 e. The number of aliphatic hydroxyl groups is 5. The van der Waals surface area contributed by atoms with Gasteiger partial charge in [0, 0.05) is 33.4 Å². The number of ketones is 7. The van der Waals surface area contributed by atoms with Crippen LogP contribution < -0.4 is 0 Å². The van der Waals surface area contributed by atoms with Gasteiger partial charge in [-0.1, -0.05) is 0 Å². The van der Waals surface area contributed by atoms with Gasteiger partial charge in [0.1, 0.15) is 0 Å². The van der Waals surface area contributed by atoms with Gasteiger partial charge < -0.3 is 117 Å². The van der Waals surface area contributed by atoms with Crippen LogP contribution in [0.1, 0.15) is 62.1 Å². The van der Waals surface area contributed by atoms with Gasteiger partial charge in [0.2, 0.25) is 57.1 Å². The standard InChI is InChI=1S/C48H36O30/c49-19-1-13(2-20(50)33(19)63)31(61)43(73)45(75,39(69)15-5-23(53)35(65)24(54)6-15)47(77,41(71)17-9-27(57)37(67)28(58)10-17)48(78,42(72)18-11-29(59)38(68)30(60)12-18)46(76,40(70)16-7-25(55)36(66)26(56)8-16)44(74)32(62)14-3-21(51)34(64)22(52)4-14/h1-12,43,49-60,63-68,73,75-78H/t43?,45-,46+,47-,48-/m1/s1. The zero-order valence-electron chi connectivity index (χ0n) is 38.1. The van der Waals surface area contributed by atoms with Crippen LogP contribution in [-0.4, -0.2) is 186 Å². The van der Waals surface area contributed by atoms with E-state index in [4.69, 9.17) is 0 Å². The molecule has 1 unspecified atom stereocenters. The molecule has 78 heavy (non-hydrogen) atoms. The Labute approximate surface area is 428 Å². The van der Waals surface area contributed by atoms with E-state index in [0.29, 0.717) is 0 Å². The Balaban J connectivity index is 1.99. The lowest BCUT2D eigenvalue weighted by Crippen LogP contribution is -2.88. The number of phenolic OH excluding ortho intramolecular Hbond substituents is 18. The normalized spacial score (nSPS) is 14.8. The van der Waals surface area contributed by atoms with E-state index in [1.165, 1.54) is 0 Å². The second kappa shape index (κ2) is 19.2. The lowest BCUT2D eigenvalue weighted by Gasteiger charge is -2.54. The molecule has 6 aromatic rings. The number of Topliss-reactive ketones (excluding diaryl/α,β-unsaturated/α-hetero) is 7. The average Bonchev–Trinajstić information content (AvgIpc) is 3.39. The Morgan fingerprint density at radius 1 is 0.295 bits per heavy atom. The Bertz CT molecular complexity index is 3500. The summed E-state index contributed by atoms with van der Waals surface area (Å²) in [6, 6.07) is -1.07. The molecule has 0 aliphatic carbocycles. The first-order chi connectivity index (χ1) is 36.0. The van der Waals surface area contributed by atoms with Crippen LogP contribution >= 0.6 is 0 Å². The minimum absolute atomic E-state index is 0.00318. The van der Waals surface area contributed by atoms with Gasteiger partial charge in [-0.2, -0.15) is 0 Å². The molecule has 6 aromatic carbocycles. The van der Waals surface area contributed by atoms with Gasteiger partial charge in [0.15, 0.2) is 115 Å². The minimum atomic E-state index is -6.25. The summed E-state index contributed by atoms with van der Waals surface area (Å²) in [6.45, 7) is 0. The zero-order valence-corrected chi connectivity index (χ0v) is 38.1. The summed E-state index contributed by atoms with van der Waals surface area (Å²) in [5, 5.41) is 253. The fourth-order valence-electron chi connectivity index (χ4n) is 8.03. The number of phenols is 18. The van der Waals surface area contributed by atoms with E-state index >= 15 is 24.0 Å². The van der Waals surface area contributed by atoms with Gasteiger partial charge in [-0.25, -0.2) is 0 Å². The fourth-order valence-corrected chi connectivity index (χ4v) is 8.03. The molecule has 6 rings (SSSR count). The van der Waals surface area contributed by atoms with Crippen molar-refractivity contribution in [2.75, 3.05) is 0 Å². The van der Waals surface area contributed by atoms with E-state index in [-0.39, 0.29) is 72.8 Å². The van der Waals surface area contributed by atoms with E-state index in [1.54, 1.807) is 0 Å². The summed E-state index contributed by atoms with van der Waals surface area (Å²) in [5.41, 5.74) is -34.9. The van der Waals surface area contributed by atoms with Crippen molar-refractivity contribution in [1.82, 2.24) is 0 Å². The molecule has 0 aliphatic heterocycles. The quantitative estimate of drug-likeness (QED) is 0.0222. The highest BCUT2D eigenvalue weighted by Gasteiger charge is 2.84. The zero-order chi connectivity index (χ0) is 59.0. The maximum atomic E-state index is 15.8. The Morgan fingerprint density at radius 2 is 0.513 bits per heavy atom. The summed E-state index contributed by atoms with van der Waals surface area (Å²) in [4.78, 5) is 107. The molecule has 0 aromatic heterocycles. The van der Waals surface area contributed by atoms with E-state index in [2.05, 4.69) is 0 Å². The van der Waals surface area contributed by atoms with E-state index in [0.717, 1.165) is 0 Å². The van der Waals surface area contributed by atoms with Crippen LogP contribution in [0.5, 0.6) is 103 Å². The Kier molecular flexibility index (Phi) is 13.9. The number of rotatable bonds is 17. The maximum Gasteiger partial charge on any atom is 0.246 e. The van der Waals surface area contributed by atoms with E-state index in [1.807, 2.05) is 0 Å². The third-order valence-electron chi connectivity index (χ3n) is 12.1. The van der Waals surface area contributed by atoms with E-state index in [9.17, 15) is 127 Å². The molecule has 30 nitrogen and oxygen atoms in total. The Morgan fingerprint density at radius 3 is 0.795 bits per heavy atom. The first-order valence-corrected chi connectivity index (χ1v) is 20.9. The highest BCUT2D eigenvalue weighted by Crippen LogP contribution is 2.53. The number of aromatic hydroxyl groups is 18. The van der Waals surface area contributed by atoms with Crippen molar-refractivity contribution in [2.24, 2.45) is 0 Å². The predicted molar refractivity (Wildman–Crippen MR) is 245 cm³/mol. The second-order valence-corrected chi connectivity index (χ2v) is 16.8. The summed E-state index contributed by atoms with van der Waals surface area (Å²) >= 11 is 0. The third-order valence-corrected chi connectivity index (χ3v) is 12.1. The molecule has 0 spiro atoms. The van der Waals surface area contributed by atoms with Gasteiger partial charge in [0.05, 0.1) is 0 Å². The fraction of sp³-hybridized carbons (Fsp3) is 0.104. The summed E-state index contributed by atoms with van der Waals surface area (Å²) in [5.74, 6) is -50.7. The summed E-state index contributed by atoms with van der Waals surface area (Å²) in [7, 11) is 0. The molecule has 0 saturated carbocycles. The highest BCUT2D eigenvalue weighted by molar-refractivity contribution is 6.52. The molecule has 23 N–H and O–H groups in total. The number of aliphatic hydroxyl groups excluding tert-OH is 1. The lowest BCUT2D eigenvalue weighted by molar-refractivity contribution is -0.237. The van der Waals surface area contributed by atoms with E-state index < -0.39 is 206 Å². The van der Waals surface area contributed by atoms with Crippen LogP contribution in [0, 0.1) is 0 Å². The topological polar surface area (TPSA) is 585 Å². The molecule has 0 bridgehead atoms. The van der Waals surface area contributed by atoms with Gasteiger partial charge in [-0.3, -0.25) is 33.6 Å². The van der Waals surface area contributed by atoms with Crippen molar-refractivity contribution in [3.05, 3.63) is 106 Å². The predicted octanol–water partition coefficient (Wildman–Crippen LogP) is -1.16. The van der Waals surface area contributed by atoms with Gasteiger partial charge in [-0.15, -0.1) is 0 Å². The number of carbonyl (C=O) groups is 7. The van der Waals surface area contributed by atoms with Crippen molar-refractivity contribution in [2.45, 2.75) is 28.5 Å². The number of hydrogen-bond donors (Lipinski definition) is 23. The summed E-state index contributed by atoms with van der Waals surface area (Å²) < 4.78 is 0. The molecule has 0 amide bonds. The molecule has 0 radical (unpaired) electrons. The monoisotopic (exact) mass is 1090 g/mol. The molecular weight excluding hydrogens is 1060 g/mol. The Hall–Kier alpha value is -10.8. The van der Waals surface area contributed by atoms with Gasteiger partial charge in [0.25, 0.3) is 0 Å². The van der Waals surface area contributed by atoms with Crippen LogP contribution in [0.15, 0.2) is 72.8 Å².